The first-order chi connectivity index (χ1) is 17.3. The number of fused-ring (bicyclic) bond motifs is 7. The number of aliphatic hydroxyl groups is 4. The van der Waals surface area contributed by atoms with Crippen LogP contribution in [-0.4, -0.2) is 57.4 Å². The van der Waals surface area contributed by atoms with Gasteiger partial charge in [-0.25, -0.2) is 0 Å². The van der Waals surface area contributed by atoms with Crippen molar-refractivity contribution in [1.82, 2.24) is 0 Å². The Balaban J connectivity index is 1.74. The minimum Gasteiger partial charge on any atom is -0.469 e. The number of esters is 1. The van der Waals surface area contributed by atoms with E-state index in [0.29, 0.717) is 19.3 Å². The lowest BCUT2D eigenvalue weighted by atomic mass is 9.30. The molecule has 4 N–H and O–H groups in total. The molecule has 0 aromatic rings. The second-order valence-corrected chi connectivity index (χ2v) is 15.7. The molecule has 0 saturated heterocycles. The van der Waals surface area contributed by atoms with Gasteiger partial charge in [-0.05, 0) is 85.4 Å². The molecular weight excluding hydrogens is 480 g/mol. The van der Waals surface area contributed by atoms with Crippen molar-refractivity contribution < 1.29 is 30.0 Å². The van der Waals surface area contributed by atoms with Gasteiger partial charge in [-0.3, -0.25) is 4.79 Å². The predicted molar refractivity (Wildman–Crippen MR) is 146 cm³/mol. The lowest BCUT2D eigenvalue weighted by Crippen LogP contribution is -2.73. The molecule has 0 bridgehead atoms. The third kappa shape index (κ3) is 2.92. The second kappa shape index (κ2) is 8.08. The Kier molecular flexibility index (Phi) is 6.07. The van der Waals surface area contributed by atoms with Crippen LogP contribution in [0.1, 0.15) is 100 Å². The smallest absolute Gasteiger partial charge is 0.312 e. The van der Waals surface area contributed by atoms with Crippen molar-refractivity contribution in [2.24, 2.45) is 50.2 Å². The molecule has 0 heterocycles. The minimum atomic E-state index is -1.16. The lowest BCUT2D eigenvalue weighted by Gasteiger charge is -2.74. The summed E-state index contributed by atoms with van der Waals surface area (Å²) in [5.74, 6) is -0.228. The van der Waals surface area contributed by atoms with Crippen molar-refractivity contribution in [3.63, 3.8) is 0 Å². The van der Waals surface area contributed by atoms with E-state index >= 15 is 0 Å². The fourth-order valence-electron chi connectivity index (χ4n) is 11.9. The van der Waals surface area contributed by atoms with Gasteiger partial charge in [-0.2, -0.15) is 0 Å². The molecule has 4 fully saturated rings. The van der Waals surface area contributed by atoms with E-state index in [1.54, 1.807) is 0 Å². The zero-order chi connectivity index (χ0) is 28.5. The van der Waals surface area contributed by atoms with Gasteiger partial charge in [-0.1, -0.05) is 60.1 Å². The third-order valence-corrected chi connectivity index (χ3v) is 14.5. The molecule has 6 nitrogen and oxygen atoms in total. The van der Waals surface area contributed by atoms with Gasteiger partial charge in [0.2, 0.25) is 0 Å². The number of carbonyl (C=O) groups is 1. The van der Waals surface area contributed by atoms with Gasteiger partial charge < -0.3 is 25.2 Å². The first-order valence-corrected chi connectivity index (χ1v) is 14.9. The summed E-state index contributed by atoms with van der Waals surface area (Å²) < 4.78 is 5.46. The van der Waals surface area contributed by atoms with E-state index < -0.39 is 40.2 Å². The highest BCUT2D eigenvalue weighted by atomic mass is 16.5. The van der Waals surface area contributed by atoms with Crippen molar-refractivity contribution >= 4 is 5.97 Å². The van der Waals surface area contributed by atoms with Crippen LogP contribution in [0, 0.1) is 50.2 Å². The summed E-state index contributed by atoms with van der Waals surface area (Å²) in [4.78, 5) is 13.6. The average Bonchev–Trinajstić information content (AvgIpc) is 2.82. The first-order valence-electron chi connectivity index (χ1n) is 14.9. The van der Waals surface area contributed by atoms with Gasteiger partial charge in [0.1, 0.15) is 0 Å². The predicted octanol–water partition coefficient (Wildman–Crippen LogP) is 4.62. The molecule has 0 aliphatic heterocycles. The van der Waals surface area contributed by atoms with Gasteiger partial charge in [-0.15, -0.1) is 0 Å². The number of ether oxygens (including phenoxy) is 1. The van der Waals surface area contributed by atoms with E-state index in [9.17, 15) is 25.2 Å². The van der Waals surface area contributed by atoms with Crippen molar-refractivity contribution in [3.8, 4) is 0 Å². The Labute approximate surface area is 229 Å². The molecule has 5 aliphatic rings. The molecule has 0 aromatic heterocycles. The van der Waals surface area contributed by atoms with Gasteiger partial charge in [0.05, 0.1) is 36.4 Å². The summed E-state index contributed by atoms with van der Waals surface area (Å²) in [6, 6.07) is 0. The van der Waals surface area contributed by atoms with Crippen LogP contribution in [0.15, 0.2) is 11.6 Å². The fraction of sp³-hybridized carbons (Fsp3) is 0.906. The van der Waals surface area contributed by atoms with Gasteiger partial charge in [0.25, 0.3) is 0 Å². The molecule has 6 heteroatoms. The molecule has 0 unspecified atom stereocenters. The summed E-state index contributed by atoms with van der Waals surface area (Å²) in [7, 11) is 1.45. The highest BCUT2D eigenvalue weighted by molar-refractivity contribution is 5.80. The standard InChI is InChI=1S/C32H52O6/c1-18-10-13-32(25(36)38-9)15-14-28(5)22(30(32,7)31(18,8)37)16-19(33)23-27(4)17-20(34)24(35)26(2,3)21(27)11-12-29(23,28)6/h16,18-21,23-24,33-35,37H,10-15,17H2,1-9H3/t18-,19-,20+,21+,23+,24+,27+,28-,29-,30-,31-,32-/m1/s1. The first kappa shape index (κ1) is 28.6. The zero-order valence-corrected chi connectivity index (χ0v) is 25.1. The van der Waals surface area contributed by atoms with Crippen LogP contribution in [-0.2, 0) is 9.53 Å². The Morgan fingerprint density at radius 3 is 2.18 bits per heavy atom. The average molecular weight is 533 g/mol. The van der Waals surface area contributed by atoms with Crippen LogP contribution in [0.2, 0.25) is 0 Å². The highest BCUT2D eigenvalue weighted by Crippen LogP contribution is 2.79. The molecule has 0 amide bonds. The van der Waals surface area contributed by atoms with E-state index in [-0.39, 0.29) is 40.0 Å². The van der Waals surface area contributed by atoms with Crippen LogP contribution in [0.3, 0.4) is 0 Å². The molecule has 5 rings (SSSR count). The van der Waals surface area contributed by atoms with Crippen LogP contribution in [0.4, 0.5) is 0 Å². The molecule has 4 saturated carbocycles. The third-order valence-electron chi connectivity index (χ3n) is 14.5. The van der Waals surface area contributed by atoms with E-state index in [4.69, 9.17) is 4.74 Å². The maximum absolute atomic E-state index is 13.6. The number of rotatable bonds is 1. The monoisotopic (exact) mass is 532 g/mol. The van der Waals surface area contributed by atoms with Crippen LogP contribution in [0.25, 0.3) is 0 Å². The largest absolute Gasteiger partial charge is 0.469 e. The lowest BCUT2D eigenvalue weighted by molar-refractivity contribution is -0.263. The van der Waals surface area contributed by atoms with Gasteiger partial charge >= 0.3 is 5.97 Å². The summed E-state index contributed by atoms with van der Waals surface area (Å²) in [6.45, 7) is 17.0. The van der Waals surface area contributed by atoms with E-state index in [2.05, 4.69) is 48.5 Å². The van der Waals surface area contributed by atoms with Crippen LogP contribution in [0.5, 0.6) is 0 Å². The van der Waals surface area contributed by atoms with E-state index in [0.717, 1.165) is 31.3 Å². The minimum absolute atomic E-state index is 0.0137. The molecular formula is C32H52O6. The molecule has 12 atom stereocenters. The zero-order valence-electron chi connectivity index (χ0n) is 25.1. The maximum Gasteiger partial charge on any atom is 0.312 e. The number of hydrogen-bond acceptors (Lipinski definition) is 6. The molecule has 5 aliphatic carbocycles. The van der Waals surface area contributed by atoms with Crippen molar-refractivity contribution in [2.45, 2.75) is 124 Å². The van der Waals surface area contributed by atoms with Crippen LogP contribution >= 0.6 is 0 Å². The number of aliphatic hydroxyl groups excluding tert-OH is 3. The summed E-state index contributed by atoms with van der Waals surface area (Å²) in [5, 5.41) is 46.5. The Bertz CT molecular complexity index is 1050. The second-order valence-electron chi connectivity index (χ2n) is 15.7. The Morgan fingerprint density at radius 1 is 0.947 bits per heavy atom. The van der Waals surface area contributed by atoms with Crippen molar-refractivity contribution in [2.75, 3.05) is 7.11 Å². The number of hydrogen-bond donors (Lipinski definition) is 4. The number of methoxy groups -OCH3 is 1. The maximum atomic E-state index is 13.6. The summed E-state index contributed by atoms with van der Waals surface area (Å²) in [5.41, 5.74) is -3.41. The van der Waals surface area contributed by atoms with Crippen molar-refractivity contribution in [1.29, 1.82) is 0 Å². The van der Waals surface area contributed by atoms with Crippen LogP contribution < -0.4 is 0 Å². The van der Waals surface area contributed by atoms with E-state index in [1.165, 1.54) is 7.11 Å². The summed E-state index contributed by atoms with van der Waals surface area (Å²) >= 11 is 0. The van der Waals surface area contributed by atoms with Gasteiger partial charge in [0, 0.05) is 11.3 Å². The number of carbonyl (C=O) groups excluding carboxylic acids is 1. The highest BCUT2D eigenvalue weighted by Gasteiger charge is 2.77. The molecule has 38 heavy (non-hydrogen) atoms. The topological polar surface area (TPSA) is 107 Å². The Hall–Kier alpha value is -0.950. The van der Waals surface area contributed by atoms with Crippen molar-refractivity contribution in [3.05, 3.63) is 11.6 Å². The molecule has 0 spiro atoms. The molecule has 216 valence electrons. The fourth-order valence-corrected chi connectivity index (χ4v) is 11.9. The summed E-state index contributed by atoms with van der Waals surface area (Å²) in [6.07, 6.45) is 4.67. The van der Waals surface area contributed by atoms with Gasteiger partial charge in [0.15, 0.2) is 0 Å². The Morgan fingerprint density at radius 2 is 1.58 bits per heavy atom. The SMILES string of the molecule is COC(=O)[C@]12CC[C@@H](C)[C@@](C)(O)[C@@]1(C)C1=C[C@@H](O)[C@H]3[C@@]4(C)C[C@H](O)[C@H](O)C(C)(C)[C@@H]4CC[C@@]3(C)[C@]1(C)CC2. The quantitative estimate of drug-likeness (QED) is 0.290. The molecule has 0 radical (unpaired) electrons. The van der Waals surface area contributed by atoms with E-state index in [1.807, 2.05) is 13.0 Å². The normalized spacial score (nSPS) is 57.4. The molecule has 0 aromatic carbocycles.